The topological polar surface area (TPSA) is 118 Å². The van der Waals surface area contributed by atoms with E-state index in [2.05, 4.69) is 20.8 Å². The minimum absolute atomic E-state index is 0.316. The molecule has 0 aromatic heterocycles. The van der Waals surface area contributed by atoms with Crippen LogP contribution in [0.4, 0.5) is 0 Å². The van der Waals surface area contributed by atoms with Gasteiger partial charge in [0.05, 0.1) is 0 Å². The predicted molar refractivity (Wildman–Crippen MR) is 125 cm³/mol. The molecule has 0 amide bonds. The molecule has 33 heavy (non-hydrogen) atoms. The quantitative estimate of drug-likeness (QED) is 0.357. The van der Waals surface area contributed by atoms with Crippen LogP contribution in [0.1, 0.15) is 104 Å². The van der Waals surface area contributed by atoms with E-state index in [4.69, 9.17) is 0 Å². The van der Waals surface area contributed by atoms with Crippen LogP contribution in [0.25, 0.3) is 0 Å². The third-order valence-corrected chi connectivity index (χ3v) is 11.5. The molecular formula is C27H46O6. The summed E-state index contributed by atoms with van der Waals surface area (Å²) >= 11 is 0. The van der Waals surface area contributed by atoms with E-state index in [-0.39, 0.29) is 0 Å². The molecule has 5 N–H and O–H groups in total. The number of hydrogen-bond donors (Lipinski definition) is 5. The fraction of sp³-hybridized carbons (Fsp3) is 0.963. The number of carboxylic acid groups (broad SMARTS) is 1. The van der Waals surface area contributed by atoms with Gasteiger partial charge in [-0.1, -0.05) is 40.0 Å². The fourth-order valence-electron chi connectivity index (χ4n) is 9.57. The Morgan fingerprint density at radius 3 is 2.27 bits per heavy atom. The Bertz CT molecular complexity index is 733. The van der Waals surface area contributed by atoms with Crippen LogP contribution in [0.2, 0.25) is 0 Å². The summed E-state index contributed by atoms with van der Waals surface area (Å²) in [4.78, 5) is 11.4. The van der Waals surface area contributed by atoms with E-state index < -0.39 is 24.0 Å². The molecule has 4 saturated carbocycles. The van der Waals surface area contributed by atoms with Crippen molar-refractivity contribution >= 4 is 5.97 Å². The Balaban J connectivity index is 1.41. The summed E-state index contributed by atoms with van der Waals surface area (Å²) in [6, 6.07) is 0. The molecule has 6 nitrogen and oxygen atoms in total. The fourth-order valence-corrected chi connectivity index (χ4v) is 9.57. The summed E-state index contributed by atoms with van der Waals surface area (Å²) in [5.74, 6) is -1.11. The Hall–Kier alpha value is -0.690. The van der Waals surface area contributed by atoms with Crippen LogP contribution < -0.4 is 0 Å². The molecular weight excluding hydrogens is 420 g/mol. The molecule has 4 rings (SSSR count). The second kappa shape index (κ2) is 8.76. The number of carbonyl (C=O) groups is 1. The van der Waals surface area contributed by atoms with E-state index in [0.29, 0.717) is 35.5 Å². The van der Waals surface area contributed by atoms with Gasteiger partial charge >= 0.3 is 11.9 Å². The summed E-state index contributed by atoms with van der Waals surface area (Å²) in [7, 11) is 0. The zero-order chi connectivity index (χ0) is 24.2. The Morgan fingerprint density at radius 1 is 0.909 bits per heavy atom. The zero-order valence-corrected chi connectivity index (χ0v) is 20.8. The lowest BCUT2D eigenvalue weighted by atomic mass is 9.44. The number of hydrogen-bond acceptors (Lipinski definition) is 5. The lowest BCUT2D eigenvalue weighted by molar-refractivity contribution is -0.383. The maximum Gasteiger partial charge on any atom is 0.344 e. The van der Waals surface area contributed by atoms with Crippen molar-refractivity contribution in [3.63, 3.8) is 0 Å². The number of aliphatic carboxylic acids is 1. The van der Waals surface area contributed by atoms with Gasteiger partial charge in [-0.05, 0) is 111 Å². The first-order valence-corrected chi connectivity index (χ1v) is 13.5. The van der Waals surface area contributed by atoms with Crippen molar-refractivity contribution in [1.29, 1.82) is 0 Å². The van der Waals surface area contributed by atoms with Crippen LogP contribution in [-0.4, -0.2) is 43.1 Å². The SMILES string of the molecule is C[C@H](CCCC(O)(C(=O)O)C(O)(O)O)[C@H]1CC[C@H]2[C@@H]3CCC4CCCC[C@]4(C)[C@H]3CC[C@]12C. The summed E-state index contributed by atoms with van der Waals surface area (Å²) in [6.45, 7) is 7.34. The molecule has 0 aliphatic heterocycles. The molecule has 0 aromatic carbocycles. The van der Waals surface area contributed by atoms with E-state index >= 15 is 0 Å². The van der Waals surface area contributed by atoms with Crippen molar-refractivity contribution in [2.24, 2.45) is 46.3 Å². The van der Waals surface area contributed by atoms with Crippen LogP contribution in [0.3, 0.4) is 0 Å². The molecule has 4 aliphatic carbocycles. The minimum Gasteiger partial charge on any atom is -0.479 e. The molecule has 4 aliphatic rings. The van der Waals surface area contributed by atoms with Gasteiger partial charge in [-0.15, -0.1) is 0 Å². The molecule has 6 heteroatoms. The third-order valence-electron chi connectivity index (χ3n) is 11.5. The van der Waals surface area contributed by atoms with Gasteiger partial charge in [-0.3, -0.25) is 0 Å². The molecule has 0 bridgehead atoms. The highest BCUT2D eigenvalue weighted by molar-refractivity contribution is 5.78. The van der Waals surface area contributed by atoms with E-state index in [1.807, 2.05) is 0 Å². The number of rotatable bonds is 7. The van der Waals surface area contributed by atoms with E-state index in [1.54, 1.807) is 0 Å². The lowest BCUT2D eigenvalue weighted by Crippen LogP contribution is -2.59. The monoisotopic (exact) mass is 466 g/mol. The van der Waals surface area contributed by atoms with Crippen LogP contribution in [-0.2, 0) is 4.79 Å². The maximum atomic E-state index is 11.4. The second-order valence-electron chi connectivity index (χ2n) is 12.8. The molecule has 4 fully saturated rings. The molecule has 190 valence electrons. The van der Waals surface area contributed by atoms with Crippen molar-refractivity contribution in [2.45, 2.75) is 116 Å². The average molecular weight is 467 g/mol. The standard InChI is InChI=1S/C27H46O6/c1-17(7-6-15-26(30,23(28)29)27(31,32)33)20-11-12-21-19-10-9-18-8-4-5-14-24(18,2)22(19)13-16-25(20,21)3/h17-22,30-33H,4-16H2,1-3H3,(H,28,29)/t17-,18?,19+,20-,21+,22+,24+,25-,26?/m1/s1. The third kappa shape index (κ3) is 4.07. The first kappa shape index (κ1) is 25.4. The Morgan fingerprint density at radius 2 is 1.61 bits per heavy atom. The maximum absolute atomic E-state index is 11.4. The highest BCUT2D eigenvalue weighted by atomic mass is 16.7. The van der Waals surface area contributed by atoms with E-state index in [9.17, 15) is 30.3 Å². The lowest BCUT2D eigenvalue weighted by Gasteiger charge is -2.61. The average Bonchev–Trinajstić information content (AvgIpc) is 3.09. The van der Waals surface area contributed by atoms with Gasteiger partial charge in [0.15, 0.2) is 0 Å². The van der Waals surface area contributed by atoms with Gasteiger partial charge in [0.25, 0.3) is 0 Å². The molecule has 9 atom stereocenters. The Kier molecular flexibility index (Phi) is 6.74. The van der Waals surface area contributed by atoms with Gasteiger partial charge in [-0.25, -0.2) is 4.79 Å². The van der Waals surface area contributed by atoms with Crippen LogP contribution in [0.5, 0.6) is 0 Å². The molecule has 0 aromatic rings. The van der Waals surface area contributed by atoms with Gasteiger partial charge in [0.1, 0.15) is 0 Å². The van der Waals surface area contributed by atoms with Gasteiger partial charge in [0, 0.05) is 0 Å². The Labute approximate surface area is 198 Å². The largest absolute Gasteiger partial charge is 0.479 e. The van der Waals surface area contributed by atoms with Gasteiger partial charge in [-0.2, -0.15) is 0 Å². The van der Waals surface area contributed by atoms with Crippen LogP contribution in [0.15, 0.2) is 0 Å². The first-order valence-electron chi connectivity index (χ1n) is 13.5. The first-order chi connectivity index (χ1) is 15.3. The van der Waals surface area contributed by atoms with Crippen molar-refractivity contribution in [3.8, 4) is 0 Å². The van der Waals surface area contributed by atoms with E-state index in [1.165, 1.54) is 64.2 Å². The van der Waals surface area contributed by atoms with Gasteiger partial charge < -0.3 is 25.5 Å². The highest BCUT2D eigenvalue weighted by Gasteiger charge is 2.60. The van der Waals surface area contributed by atoms with Crippen LogP contribution >= 0.6 is 0 Å². The molecule has 0 heterocycles. The predicted octanol–water partition coefficient (Wildman–Crippen LogP) is 4.29. The summed E-state index contributed by atoms with van der Waals surface area (Å²) in [5, 5.41) is 47.5. The molecule has 0 spiro atoms. The summed E-state index contributed by atoms with van der Waals surface area (Å²) in [5.41, 5.74) is -2.11. The number of carboxylic acids is 1. The normalized spacial score (nSPS) is 43.7. The smallest absolute Gasteiger partial charge is 0.344 e. The summed E-state index contributed by atoms with van der Waals surface area (Å²) in [6.07, 6.45) is 14.2. The molecule has 0 saturated heterocycles. The summed E-state index contributed by atoms with van der Waals surface area (Å²) < 4.78 is 0. The van der Waals surface area contributed by atoms with Crippen molar-refractivity contribution < 1.29 is 30.3 Å². The van der Waals surface area contributed by atoms with Crippen molar-refractivity contribution in [2.75, 3.05) is 0 Å². The van der Waals surface area contributed by atoms with Crippen LogP contribution in [0, 0.1) is 46.3 Å². The molecule has 2 unspecified atom stereocenters. The van der Waals surface area contributed by atoms with Crippen molar-refractivity contribution in [3.05, 3.63) is 0 Å². The van der Waals surface area contributed by atoms with Gasteiger partial charge in [0.2, 0.25) is 5.60 Å². The minimum atomic E-state index is -3.65. The zero-order valence-electron chi connectivity index (χ0n) is 20.8. The second-order valence-corrected chi connectivity index (χ2v) is 12.8. The van der Waals surface area contributed by atoms with E-state index in [0.717, 1.165) is 23.7 Å². The van der Waals surface area contributed by atoms with Crippen molar-refractivity contribution in [1.82, 2.24) is 0 Å². The molecule has 0 radical (unpaired) electrons. The highest BCUT2D eigenvalue weighted by Crippen LogP contribution is 2.68. The number of aliphatic hydroxyl groups is 4. The number of fused-ring (bicyclic) bond motifs is 5.